The Kier molecular flexibility index (Phi) is 6.86. The van der Waals surface area contributed by atoms with Gasteiger partial charge in [0.05, 0.1) is 12.2 Å². The van der Waals surface area contributed by atoms with Gasteiger partial charge in [-0.1, -0.05) is 36.9 Å². The van der Waals surface area contributed by atoms with Crippen LogP contribution in [0.3, 0.4) is 0 Å². The summed E-state index contributed by atoms with van der Waals surface area (Å²) in [5.41, 5.74) is 12.6. The van der Waals surface area contributed by atoms with Crippen molar-refractivity contribution < 1.29 is 0 Å². The smallest absolute Gasteiger partial charge is 0.134 e. The van der Waals surface area contributed by atoms with Gasteiger partial charge in [-0.05, 0) is 55.0 Å². The van der Waals surface area contributed by atoms with Crippen molar-refractivity contribution in [2.24, 2.45) is 10.7 Å². The lowest BCUT2D eigenvalue weighted by molar-refractivity contribution is 0.410. The van der Waals surface area contributed by atoms with Crippen LogP contribution in [-0.2, 0) is 0 Å². The number of pyridine rings is 1. The van der Waals surface area contributed by atoms with E-state index in [0.717, 1.165) is 71.6 Å². The fraction of sp³-hybridized carbons (Fsp3) is 0.333. The van der Waals surface area contributed by atoms with E-state index in [1.807, 2.05) is 31.3 Å². The average molecular weight is 428 g/mol. The maximum Gasteiger partial charge on any atom is 0.134 e. The molecule has 166 valence electrons. The Bertz CT molecular complexity index is 1060. The van der Waals surface area contributed by atoms with Crippen molar-refractivity contribution in [3.8, 4) is 11.3 Å². The highest BCUT2D eigenvalue weighted by atomic mass is 15.0. The number of rotatable bonds is 7. The summed E-state index contributed by atoms with van der Waals surface area (Å²) >= 11 is 0. The summed E-state index contributed by atoms with van der Waals surface area (Å²) in [4.78, 5) is 11.5. The minimum atomic E-state index is 0.327. The normalized spacial score (nSPS) is 20.7. The molecule has 0 bridgehead atoms. The third-order valence-electron chi connectivity index (χ3n) is 6.07. The third kappa shape index (κ3) is 5.17. The van der Waals surface area contributed by atoms with E-state index in [9.17, 15) is 0 Å². The van der Waals surface area contributed by atoms with Crippen LogP contribution < -0.4 is 11.1 Å². The van der Waals surface area contributed by atoms with Gasteiger partial charge in [-0.3, -0.25) is 4.99 Å². The molecule has 1 aromatic carbocycles. The molecule has 2 aliphatic rings. The molecule has 1 aromatic heterocycles. The maximum absolute atomic E-state index is 6.12. The molecule has 1 aliphatic carbocycles. The molecule has 1 fully saturated rings. The summed E-state index contributed by atoms with van der Waals surface area (Å²) in [7, 11) is 4.04. The minimum absolute atomic E-state index is 0.327. The number of anilines is 1. The summed E-state index contributed by atoms with van der Waals surface area (Å²) in [6, 6.07) is 13.5. The van der Waals surface area contributed by atoms with E-state index in [2.05, 4.69) is 65.6 Å². The molecule has 0 amide bonds. The van der Waals surface area contributed by atoms with Gasteiger partial charge in [0, 0.05) is 55.3 Å². The topological polar surface area (TPSA) is 66.5 Å². The standard InChI is InChI=1S/C27H33N5/c1-4-19(18-32(2)3)20-6-5-7-21(16-20)26-13-12-25(22-14-15-29-17-22)27(31-26)30-24-10-8-23(28)9-11-24/h4-7,12-14,16-18,23-24H,1,8-11,15,28H2,2-3H3,(H,30,31)/b19-18+. The SMILES string of the molecule is C=C/C(=C\N(C)C)c1cccc(-c2ccc(C3=CCN=C3)c(NC3CCC(N)CC3)n2)c1. The fourth-order valence-corrected chi connectivity index (χ4v) is 4.34. The van der Waals surface area contributed by atoms with Gasteiger partial charge in [0.25, 0.3) is 0 Å². The number of aliphatic imine (C=N–C) groups is 1. The molecule has 0 atom stereocenters. The molecular formula is C27H33N5. The van der Waals surface area contributed by atoms with Crippen LogP contribution >= 0.6 is 0 Å². The van der Waals surface area contributed by atoms with E-state index in [0.29, 0.717) is 12.1 Å². The van der Waals surface area contributed by atoms with Crippen LogP contribution in [0.2, 0.25) is 0 Å². The summed E-state index contributed by atoms with van der Waals surface area (Å²) in [5.74, 6) is 0.931. The minimum Gasteiger partial charge on any atom is -0.383 e. The van der Waals surface area contributed by atoms with Gasteiger partial charge >= 0.3 is 0 Å². The monoisotopic (exact) mass is 427 g/mol. The number of benzene rings is 1. The molecule has 5 nitrogen and oxygen atoms in total. The van der Waals surface area contributed by atoms with Crippen LogP contribution in [0.1, 0.15) is 36.8 Å². The lowest BCUT2D eigenvalue weighted by Crippen LogP contribution is -2.33. The molecule has 5 heteroatoms. The first kappa shape index (κ1) is 22.0. The Morgan fingerprint density at radius 2 is 1.97 bits per heavy atom. The molecule has 3 N–H and O–H groups in total. The molecule has 2 aromatic rings. The highest BCUT2D eigenvalue weighted by Gasteiger charge is 2.21. The van der Waals surface area contributed by atoms with Crippen molar-refractivity contribution in [3.63, 3.8) is 0 Å². The van der Waals surface area contributed by atoms with E-state index >= 15 is 0 Å². The number of hydrogen-bond acceptors (Lipinski definition) is 5. The molecule has 0 unspecified atom stereocenters. The summed E-state index contributed by atoms with van der Waals surface area (Å²) in [6.45, 7) is 4.72. The first-order valence-electron chi connectivity index (χ1n) is 11.4. The zero-order chi connectivity index (χ0) is 22.5. The van der Waals surface area contributed by atoms with E-state index in [4.69, 9.17) is 10.7 Å². The zero-order valence-corrected chi connectivity index (χ0v) is 19.1. The second-order valence-electron chi connectivity index (χ2n) is 8.84. The quantitative estimate of drug-likeness (QED) is 0.611. The Labute approximate surface area is 191 Å². The summed E-state index contributed by atoms with van der Waals surface area (Å²) < 4.78 is 0. The Morgan fingerprint density at radius 1 is 1.16 bits per heavy atom. The van der Waals surface area contributed by atoms with Gasteiger partial charge in [-0.15, -0.1) is 0 Å². The number of hydrogen-bond donors (Lipinski definition) is 2. The molecule has 4 rings (SSSR count). The van der Waals surface area contributed by atoms with Crippen LogP contribution in [0, 0.1) is 0 Å². The van der Waals surface area contributed by atoms with E-state index in [1.165, 1.54) is 0 Å². The number of allylic oxidation sites excluding steroid dienone is 3. The van der Waals surface area contributed by atoms with Crippen molar-refractivity contribution in [1.29, 1.82) is 0 Å². The van der Waals surface area contributed by atoms with Crippen LogP contribution in [0.15, 0.2) is 66.3 Å². The number of nitrogens with one attached hydrogen (secondary N) is 1. The molecule has 0 saturated heterocycles. The summed E-state index contributed by atoms with van der Waals surface area (Å²) in [5, 5.41) is 3.73. The number of aromatic nitrogens is 1. The first-order chi connectivity index (χ1) is 15.5. The van der Waals surface area contributed by atoms with Crippen LogP contribution in [0.25, 0.3) is 22.4 Å². The van der Waals surface area contributed by atoms with E-state index in [-0.39, 0.29) is 0 Å². The van der Waals surface area contributed by atoms with Crippen LogP contribution in [-0.4, -0.2) is 48.8 Å². The second kappa shape index (κ2) is 9.96. The van der Waals surface area contributed by atoms with Gasteiger partial charge in [0.15, 0.2) is 0 Å². The lowest BCUT2D eigenvalue weighted by Gasteiger charge is -2.28. The van der Waals surface area contributed by atoms with Crippen molar-refractivity contribution in [2.45, 2.75) is 37.8 Å². The predicted octanol–water partition coefficient (Wildman–Crippen LogP) is 4.99. The predicted molar refractivity (Wildman–Crippen MR) is 137 cm³/mol. The highest BCUT2D eigenvalue weighted by molar-refractivity contribution is 6.13. The fourth-order valence-electron chi connectivity index (χ4n) is 4.34. The van der Waals surface area contributed by atoms with Gasteiger partial charge < -0.3 is 16.0 Å². The van der Waals surface area contributed by atoms with Crippen molar-refractivity contribution in [2.75, 3.05) is 26.0 Å². The maximum atomic E-state index is 6.12. The molecule has 32 heavy (non-hydrogen) atoms. The molecular weight excluding hydrogens is 394 g/mol. The number of nitrogens with two attached hydrogens (primary N) is 1. The average Bonchev–Trinajstić information content (AvgIpc) is 3.33. The molecule has 0 spiro atoms. The van der Waals surface area contributed by atoms with Crippen LogP contribution in [0.4, 0.5) is 5.82 Å². The van der Waals surface area contributed by atoms with E-state index < -0.39 is 0 Å². The molecule has 1 saturated carbocycles. The van der Waals surface area contributed by atoms with Gasteiger partial charge in [0.1, 0.15) is 5.82 Å². The van der Waals surface area contributed by atoms with E-state index in [1.54, 1.807) is 0 Å². The van der Waals surface area contributed by atoms with Gasteiger partial charge in [-0.25, -0.2) is 4.98 Å². The Hall–Kier alpha value is -3.18. The molecule has 0 radical (unpaired) electrons. The number of nitrogens with zero attached hydrogens (tertiary/aromatic N) is 3. The summed E-state index contributed by atoms with van der Waals surface area (Å²) in [6.07, 6.45) is 12.3. The van der Waals surface area contributed by atoms with Crippen molar-refractivity contribution in [3.05, 3.63) is 72.5 Å². The first-order valence-corrected chi connectivity index (χ1v) is 11.4. The molecule has 2 heterocycles. The second-order valence-corrected chi connectivity index (χ2v) is 8.84. The van der Waals surface area contributed by atoms with Crippen molar-refractivity contribution >= 4 is 23.2 Å². The zero-order valence-electron chi connectivity index (χ0n) is 19.1. The lowest BCUT2D eigenvalue weighted by atomic mass is 9.91. The van der Waals surface area contributed by atoms with Gasteiger partial charge in [0.2, 0.25) is 0 Å². The Balaban J connectivity index is 1.68. The Morgan fingerprint density at radius 3 is 2.66 bits per heavy atom. The highest BCUT2D eigenvalue weighted by Crippen LogP contribution is 2.31. The molecule has 1 aliphatic heterocycles. The van der Waals surface area contributed by atoms with Gasteiger partial charge in [-0.2, -0.15) is 0 Å². The van der Waals surface area contributed by atoms with Crippen molar-refractivity contribution in [1.82, 2.24) is 9.88 Å². The van der Waals surface area contributed by atoms with Crippen LogP contribution in [0.5, 0.6) is 0 Å². The third-order valence-corrected chi connectivity index (χ3v) is 6.07. The largest absolute Gasteiger partial charge is 0.383 e.